The Morgan fingerprint density at radius 2 is 2.05 bits per heavy atom. The van der Waals surface area contributed by atoms with E-state index in [2.05, 4.69) is 16.9 Å². The smallest absolute Gasteiger partial charge is 0.264 e. The zero-order valence-corrected chi connectivity index (χ0v) is 14.4. The van der Waals surface area contributed by atoms with Gasteiger partial charge in [-0.05, 0) is 54.2 Å². The van der Waals surface area contributed by atoms with Crippen molar-refractivity contribution >= 4 is 22.6 Å². The van der Waals surface area contributed by atoms with Crippen molar-refractivity contribution in [3.05, 3.63) is 25.4 Å². The van der Waals surface area contributed by atoms with Crippen LogP contribution in [0.5, 0.6) is 0 Å². The van der Waals surface area contributed by atoms with Crippen LogP contribution in [0.25, 0.3) is 0 Å². The third-order valence-electron chi connectivity index (χ3n) is 4.16. The molecule has 1 aromatic heterocycles. The largest absolute Gasteiger partial charge is 0.378 e. The molecule has 4 nitrogen and oxygen atoms in total. The average Bonchev–Trinajstić information content (AvgIpc) is 2.45. The van der Waals surface area contributed by atoms with Crippen molar-refractivity contribution < 1.29 is 4.74 Å². The van der Waals surface area contributed by atoms with Gasteiger partial charge in [0.25, 0.3) is 5.56 Å². The zero-order chi connectivity index (χ0) is 14.5. The Bertz CT molecular complexity index is 493. The molecule has 0 aromatic carbocycles. The molecule has 1 aliphatic rings. The number of H-pyrrole nitrogens is 1. The molecule has 5 heteroatoms. The Balaban J connectivity index is 2.12. The molecule has 1 N–H and O–H groups in total. The Kier molecular flexibility index (Phi) is 6.01. The Labute approximate surface area is 133 Å². The van der Waals surface area contributed by atoms with E-state index in [1.807, 2.05) is 22.6 Å². The molecule has 0 atom stereocenters. The maximum Gasteiger partial charge on any atom is 0.264 e. The first-order valence-electron chi connectivity index (χ1n) is 7.43. The molecule has 1 heterocycles. The maximum atomic E-state index is 12.0. The fraction of sp³-hybridized carbons (Fsp3) is 0.733. The zero-order valence-electron chi connectivity index (χ0n) is 12.2. The molecule has 0 aliphatic heterocycles. The topological polar surface area (TPSA) is 55.0 Å². The Morgan fingerprint density at radius 3 is 2.65 bits per heavy atom. The van der Waals surface area contributed by atoms with E-state index in [0.717, 1.165) is 30.3 Å². The molecule has 0 spiro atoms. The highest BCUT2D eigenvalue weighted by atomic mass is 127. The first-order chi connectivity index (χ1) is 9.65. The minimum absolute atomic E-state index is 0.0293. The second-order valence-corrected chi connectivity index (χ2v) is 6.73. The predicted octanol–water partition coefficient (Wildman–Crippen LogP) is 3.59. The SMILES string of the molecule is CCCC1CCC(c2nc(COC)c(I)c(=O)[nH]2)CC1. The van der Waals surface area contributed by atoms with Crippen LogP contribution in [0.15, 0.2) is 4.79 Å². The van der Waals surface area contributed by atoms with Crippen molar-refractivity contribution in [2.45, 2.75) is 58.0 Å². The van der Waals surface area contributed by atoms with Gasteiger partial charge in [0.15, 0.2) is 0 Å². The van der Waals surface area contributed by atoms with Crippen molar-refractivity contribution in [1.82, 2.24) is 9.97 Å². The Hall–Kier alpha value is -0.430. The number of nitrogens with one attached hydrogen (secondary N) is 1. The van der Waals surface area contributed by atoms with Crippen LogP contribution in [0.2, 0.25) is 0 Å². The summed E-state index contributed by atoms with van der Waals surface area (Å²) in [7, 11) is 1.63. The lowest BCUT2D eigenvalue weighted by atomic mass is 9.80. The van der Waals surface area contributed by atoms with Gasteiger partial charge in [0.2, 0.25) is 0 Å². The molecule has 20 heavy (non-hydrogen) atoms. The molecule has 1 aromatic rings. The van der Waals surface area contributed by atoms with Gasteiger partial charge in [-0.1, -0.05) is 19.8 Å². The summed E-state index contributed by atoms with van der Waals surface area (Å²) in [6.07, 6.45) is 7.40. The summed E-state index contributed by atoms with van der Waals surface area (Å²) >= 11 is 2.04. The summed E-state index contributed by atoms with van der Waals surface area (Å²) < 4.78 is 5.78. The van der Waals surface area contributed by atoms with Gasteiger partial charge in [0.05, 0.1) is 12.3 Å². The van der Waals surface area contributed by atoms with Gasteiger partial charge in [-0.2, -0.15) is 0 Å². The van der Waals surface area contributed by atoms with Gasteiger partial charge >= 0.3 is 0 Å². The monoisotopic (exact) mass is 390 g/mol. The lowest BCUT2D eigenvalue weighted by Gasteiger charge is -2.27. The lowest BCUT2D eigenvalue weighted by Crippen LogP contribution is -2.23. The first-order valence-corrected chi connectivity index (χ1v) is 8.51. The van der Waals surface area contributed by atoms with E-state index in [4.69, 9.17) is 4.74 Å². The molecule has 1 saturated carbocycles. The molecule has 112 valence electrons. The summed E-state index contributed by atoms with van der Waals surface area (Å²) in [5.41, 5.74) is 0.737. The summed E-state index contributed by atoms with van der Waals surface area (Å²) in [5, 5.41) is 0. The highest BCUT2D eigenvalue weighted by molar-refractivity contribution is 14.1. The summed E-state index contributed by atoms with van der Waals surface area (Å²) in [5.74, 6) is 2.13. The van der Waals surface area contributed by atoms with Crippen molar-refractivity contribution in [1.29, 1.82) is 0 Å². The van der Waals surface area contributed by atoms with E-state index in [1.54, 1.807) is 7.11 Å². The third-order valence-corrected chi connectivity index (χ3v) is 5.27. The van der Waals surface area contributed by atoms with Crippen molar-refractivity contribution in [2.75, 3.05) is 7.11 Å². The molecule has 0 saturated heterocycles. The standard InChI is InChI=1S/C15H23IN2O2/c1-3-4-10-5-7-11(8-6-10)14-17-12(9-20-2)13(16)15(19)18-14/h10-11H,3-9H2,1-2H3,(H,17,18,19). The van der Waals surface area contributed by atoms with E-state index >= 15 is 0 Å². The first kappa shape index (κ1) is 15.9. The van der Waals surface area contributed by atoms with Crippen LogP contribution in [-0.4, -0.2) is 17.1 Å². The van der Waals surface area contributed by atoms with Crippen LogP contribution in [-0.2, 0) is 11.3 Å². The van der Waals surface area contributed by atoms with E-state index in [0.29, 0.717) is 16.1 Å². The van der Waals surface area contributed by atoms with Crippen LogP contribution in [0, 0.1) is 9.49 Å². The highest BCUT2D eigenvalue weighted by Crippen LogP contribution is 2.36. The maximum absolute atomic E-state index is 12.0. The van der Waals surface area contributed by atoms with Crippen molar-refractivity contribution in [3.63, 3.8) is 0 Å². The van der Waals surface area contributed by atoms with Crippen LogP contribution in [0.1, 0.15) is 62.9 Å². The number of nitrogens with zero attached hydrogens (tertiary/aromatic N) is 1. The number of methoxy groups -OCH3 is 1. The average molecular weight is 390 g/mol. The van der Waals surface area contributed by atoms with Crippen molar-refractivity contribution in [2.24, 2.45) is 5.92 Å². The van der Waals surface area contributed by atoms with E-state index in [1.165, 1.54) is 25.7 Å². The predicted molar refractivity (Wildman–Crippen MR) is 87.9 cm³/mol. The van der Waals surface area contributed by atoms with Gasteiger partial charge in [-0.3, -0.25) is 4.79 Å². The van der Waals surface area contributed by atoms with Crippen LogP contribution in [0.4, 0.5) is 0 Å². The van der Waals surface area contributed by atoms with E-state index < -0.39 is 0 Å². The molecular weight excluding hydrogens is 367 g/mol. The number of halogens is 1. The number of aromatic nitrogens is 2. The van der Waals surface area contributed by atoms with Gasteiger partial charge in [0.1, 0.15) is 9.39 Å². The van der Waals surface area contributed by atoms with Crippen molar-refractivity contribution in [3.8, 4) is 0 Å². The summed E-state index contributed by atoms with van der Waals surface area (Å²) in [6.45, 7) is 2.65. The number of hydrogen-bond acceptors (Lipinski definition) is 3. The minimum Gasteiger partial charge on any atom is -0.378 e. The minimum atomic E-state index is -0.0293. The summed E-state index contributed by atoms with van der Waals surface area (Å²) in [4.78, 5) is 19.6. The van der Waals surface area contributed by atoms with E-state index in [-0.39, 0.29) is 5.56 Å². The lowest BCUT2D eigenvalue weighted by molar-refractivity contribution is 0.180. The highest BCUT2D eigenvalue weighted by Gasteiger charge is 2.24. The Morgan fingerprint density at radius 1 is 1.35 bits per heavy atom. The number of aromatic amines is 1. The molecule has 1 aliphatic carbocycles. The van der Waals surface area contributed by atoms with Gasteiger partial charge in [-0.15, -0.1) is 0 Å². The van der Waals surface area contributed by atoms with Crippen LogP contribution in [0.3, 0.4) is 0 Å². The van der Waals surface area contributed by atoms with Crippen LogP contribution < -0.4 is 5.56 Å². The second-order valence-electron chi connectivity index (χ2n) is 5.65. The van der Waals surface area contributed by atoms with Crippen LogP contribution >= 0.6 is 22.6 Å². The molecule has 1 fully saturated rings. The number of rotatable bonds is 5. The number of hydrogen-bond donors (Lipinski definition) is 1. The molecular formula is C15H23IN2O2. The molecule has 0 radical (unpaired) electrons. The molecule has 0 bridgehead atoms. The third kappa shape index (κ3) is 3.81. The number of ether oxygens (including phenoxy) is 1. The second kappa shape index (κ2) is 7.54. The molecule has 0 unspecified atom stereocenters. The molecule has 2 rings (SSSR count). The van der Waals surface area contributed by atoms with E-state index in [9.17, 15) is 4.79 Å². The quantitative estimate of drug-likeness (QED) is 0.782. The fourth-order valence-corrected chi connectivity index (χ4v) is 3.49. The molecule has 0 amide bonds. The van der Waals surface area contributed by atoms with Gasteiger partial charge < -0.3 is 9.72 Å². The fourth-order valence-electron chi connectivity index (χ4n) is 3.08. The van der Waals surface area contributed by atoms with Gasteiger partial charge in [-0.25, -0.2) is 4.98 Å². The van der Waals surface area contributed by atoms with Gasteiger partial charge in [0, 0.05) is 13.0 Å². The normalized spacial score (nSPS) is 22.9. The summed E-state index contributed by atoms with van der Waals surface area (Å²) in [6, 6.07) is 0.